The number of allylic oxidation sites excluding steroid dienone is 1. The lowest BCUT2D eigenvalue weighted by Gasteiger charge is -2.15. The summed E-state index contributed by atoms with van der Waals surface area (Å²) < 4.78 is 0. The van der Waals surface area contributed by atoms with E-state index in [0.29, 0.717) is 10.7 Å². The SMILES string of the molecule is CNC(=O)C1(C)C=C(Cl)C(C)=N1. The molecule has 0 aliphatic carbocycles. The lowest BCUT2D eigenvalue weighted by Crippen LogP contribution is -2.38. The maximum absolute atomic E-state index is 11.3. The van der Waals surface area contributed by atoms with E-state index in [1.807, 2.05) is 0 Å². The van der Waals surface area contributed by atoms with E-state index in [2.05, 4.69) is 10.3 Å². The summed E-state index contributed by atoms with van der Waals surface area (Å²) in [5.41, 5.74) is -0.0987. The first-order valence-electron chi connectivity index (χ1n) is 3.67. The van der Waals surface area contributed by atoms with Crippen LogP contribution >= 0.6 is 11.6 Å². The molecule has 3 nitrogen and oxygen atoms in total. The summed E-state index contributed by atoms with van der Waals surface area (Å²) in [5.74, 6) is -0.141. The molecule has 1 N–H and O–H groups in total. The fraction of sp³-hybridized carbons (Fsp3) is 0.500. The van der Waals surface area contributed by atoms with Gasteiger partial charge in [0.25, 0.3) is 5.91 Å². The predicted molar refractivity (Wildman–Crippen MR) is 49.5 cm³/mol. The number of aliphatic imine (C=N–C) groups is 1. The summed E-state index contributed by atoms with van der Waals surface area (Å²) in [6.07, 6.45) is 1.66. The van der Waals surface area contributed by atoms with Gasteiger partial charge in [0.05, 0.1) is 10.7 Å². The number of nitrogens with one attached hydrogen (secondary N) is 1. The number of carbonyl (C=O) groups excluding carboxylic acids is 1. The van der Waals surface area contributed by atoms with Crippen LogP contribution in [0.1, 0.15) is 13.8 Å². The van der Waals surface area contributed by atoms with Crippen LogP contribution in [0, 0.1) is 0 Å². The van der Waals surface area contributed by atoms with Gasteiger partial charge in [-0.1, -0.05) is 11.6 Å². The molecule has 0 aromatic carbocycles. The lowest BCUT2D eigenvalue weighted by atomic mass is 10.0. The second-order valence-electron chi connectivity index (χ2n) is 2.92. The van der Waals surface area contributed by atoms with E-state index in [4.69, 9.17) is 11.6 Å². The average Bonchev–Trinajstić information content (AvgIpc) is 2.26. The standard InChI is InChI=1S/C8H11ClN2O/c1-5-6(9)4-8(2,11-5)7(12)10-3/h4H,1-3H3,(H,10,12). The molecule has 1 rings (SSSR count). The first-order chi connectivity index (χ1) is 5.49. The van der Waals surface area contributed by atoms with Crippen molar-refractivity contribution in [2.45, 2.75) is 19.4 Å². The Balaban J connectivity index is 2.99. The molecule has 0 aromatic heterocycles. The van der Waals surface area contributed by atoms with Crippen LogP contribution in [0.5, 0.6) is 0 Å². The third-order valence-corrected chi connectivity index (χ3v) is 2.22. The van der Waals surface area contributed by atoms with Gasteiger partial charge in [0.2, 0.25) is 0 Å². The van der Waals surface area contributed by atoms with Crippen LogP contribution in [-0.4, -0.2) is 24.2 Å². The third-order valence-electron chi connectivity index (χ3n) is 1.84. The van der Waals surface area contributed by atoms with Crippen molar-refractivity contribution in [2.75, 3.05) is 7.05 Å². The predicted octanol–water partition coefficient (Wildman–Crippen LogP) is 1.09. The van der Waals surface area contributed by atoms with Crippen LogP contribution in [0.15, 0.2) is 16.1 Å². The van der Waals surface area contributed by atoms with E-state index >= 15 is 0 Å². The lowest BCUT2D eigenvalue weighted by molar-refractivity contribution is -0.123. The van der Waals surface area contributed by atoms with Crippen LogP contribution < -0.4 is 5.32 Å². The summed E-state index contributed by atoms with van der Waals surface area (Å²) in [4.78, 5) is 15.5. The Bertz CT molecular complexity index is 263. The molecule has 1 atom stereocenters. The zero-order valence-corrected chi connectivity index (χ0v) is 8.07. The quantitative estimate of drug-likeness (QED) is 0.655. The number of rotatable bonds is 1. The number of halogens is 1. The highest BCUT2D eigenvalue weighted by atomic mass is 35.5. The average molecular weight is 187 g/mol. The molecule has 0 radical (unpaired) electrons. The van der Waals surface area contributed by atoms with Crippen LogP contribution in [0.2, 0.25) is 0 Å². The van der Waals surface area contributed by atoms with Gasteiger partial charge >= 0.3 is 0 Å². The minimum absolute atomic E-state index is 0.141. The van der Waals surface area contributed by atoms with Gasteiger partial charge in [-0.3, -0.25) is 9.79 Å². The molecule has 12 heavy (non-hydrogen) atoms. The number of hydrogen-bond acceptors (Lipinski definition) is 2. The monoisotopic (exact) mass is 186 g/mol. The molecule has 0 spiro atoms. The highest BCUT2D eigenvalue weighted by Gasteiger charge is 2.34. The van der Waals surface area contributed by atoms with Crippen molar-refractivity contribution >= 4 is 23.2 Å². The van der Waals surface area contributed by atoms with Gasteiger partial charge in [0.15, 0.2) is 5.54 Å². The molecular formula is C8H11ClN2O. The number of hydrogen-bond donors (Lipinski definition) is 1. The van der Waals surface area contributed by atoms with Gasteiger partial charge in [-0.05, 0) is 19.9 Å². The van der Waals surface area contributed by atoms with E-state index in [1.165, 1.54) is 0 Å². The van der Waals surface area contributed by atoms with E-state index in [0.717, 1.165) is 0 Å². The van der Waals surface area contributed by atoms with E-state index in [1.54, 1.807) is 27.0 Å². The van der Waals surface area contributed by atoms with Crippen molar-refractivity contribution in [3.63, 3.8) is 0 Å². The normalized spacial score (nSPS) is 28.0. The highest BCUT2D eigenvalue weighted by molar-refractivity contribution is 6.44. The molecule has 0 saturated carbocycles. The van der Waals surface area contributed by atoms with Crippen LogP contribution in [0.4, 0.5) is 0 Å². The minimum atomic E-state index is -0.810. The van der Waals surface area contributed by atoms with Gasteiger partial charge in [0.1, 0.15) is 0 Å². The number of amides is 1. The topological polar surface area (TPSA) is 41.5 Å². The van der Waals surface area contributed by atoms with Crippen molar-refractivity contribution in [3.8, 4) is 0 Å². The number of nitrogens with zero attached hydrogens (tertiary/aromatic N) is 1. The fourth-order valence-corrected chi connectivity index (χ4v) is 1.41. The smallest absolute Gasteiger partial charge is 0.251 e. The Labute approximate surface area is 76.5 Å². The molecule has 1 unspecified atom stereocenters. The molecule has 0 bridgehead atoms. The Morgan fingerprint density at radius 1 is 1.75 bits per heavy atom. The first-order valence-corrected chi connectivity index (χ1v) is 4.05. The highest BCUT2D eigenvalue weighted by Crippen LogP contribution is 2.25. The van der Waals surface area contributed by atoms with Crippen molar-refractivity contribution < 1.29 is 4.79 Å². The second-order valence-corrected chi connectivity index (χ2v) is 3.32. The minimum Gasteiger partial charge on any atom is -0.357 e. The molecule has 1 heterocycles. The molecule has 1 amide bonds. The summed E-state index contributed by atoms with van der Waals surface area (Å²) in [7, 11) is 1.58. The Kier molecular flexibility index (Phi) is 2.24. The van der Waals surface area contributed by atoms with Crippen LogP contribution in [-0.2, 0) is 4.79 Å². The second kappa shape index (κ2) is 2.90. The zero-order chi connectivity index (χ0) is 9.35. The Hall–Kier alpha value is -0.830. The van der Waals surface area contributed by atoms with Gasteiger partial charge in [-0.25, -0.2) is 0 Å². The van der Waals surface area contributed by atoms with Gasteiger partial charge in [0, 0.05) is 7.05 Å². The molecule has 66 valence electrons. The number of likely N-dealkylation sites (N-methyl/N-ethyl adjacent to an activating group) is 1. The van der Waals surface area contributed by atoms with Gasteiger partial charge < -0.3 is 5.32 Å². The third kappa shape index (κ3) is 1.37. The van der Waals surface area contributed by atoms with Crippen molar-refractivity contribution in [1.82, 2.24) is 5.32 Å². The maximum Gasteiger partial charge on any atom is 0.251 e. The molecule has 0 aromatic rings. The van der Waals surface area contributed by atoms with E-state index in [9.17, 15) is 4.79 Å². The van der Waals surface area contributed by atoms with Gasteiger partial charge in [-0.15, -0.1) is 0 Å². The van der Waals surface area contributed by atoms with Crippen molar-refractivity contribution in [2.24, 2.45) is 4.99 Å². The van der Waals surface area contributed by atoms with Crippen molar-refractivity contribution in [1.29, 1.82) is 0 Å². The zero-order valence-electron chi connectivity index (χ0n) is 7.31. The summed E-state index contributed by atoms with van der Waals surface area (Å²) in [6, 6.07) is 0. The maximum atomic E-state index is 11.3. The first kappa shape index (κ1) is 9.26. The molecule has 0 saturated heterocycles. The summed E-state index contributed by atoms with van der Waals surface area (Å²) in [5, 5.41) is 3.10. The Morgan fingerprint density at radius 3 is 2.67 bits per heavy atom. The van der Waals surface area contributed by atoms with E-state index < -0.39 is 5.54 Å². The van der Waals surface area contributed by atoms with Crippen LogP contribution in [0.25, 0.3) is 0 Å². The van der Waals surface area contributed by atoms with E-state index in [-0.39, 0.29) is 5.91 Å². The summed E-state index contributed by atoms with van der Waals surface area (Å²) >= 11 is 5.80. The van der Waals surface area contributed by atoms with Gasteiger partial charge in [-0.2, -0.15) is 0 Å². The fourth-order valence-electron chi connectivity index (χ4n) is 1.15. The summed E-state index contributed by atoms with van der Waals surface area (Å²) in [6.45, 7) is 3.51. The van der Waals surface area contributed by atoms with Crippen molar-refractivity contribution in [3.05, 3.63) is 11.1 Å². The molecule has 1 aliphatic heterocycles. The van der Waals surface area contributed by atoms with Crippen LogP contribution in [0.3, 0.4) is 0 Å². The molecule has 1 aliphatic rings. The molecule has 4 heteroatoms. The molecular weight excluding hydrogens is 176 g/mol. The number of carbonyl (C=O) groups is 1. The Morgan fingerprint density at radius 2 is 2.33 bits per heavy atom. The largest absolute Gasteiger partial charge is 0.357 e. The molecule has 0 fully saturated rings.